The Labute approximate surface area is 105 Å². The van der Waals surface area contributed by atoms with E-state index in [-0.39, 0.29) is 5.75 Å². The summed E-state index contributed by atoms with van der Waals surface area (Å²) >= 11 is 3.32. The molecule has 0 aliphatic carbocycles. The first-order valence-corrected chi connectivity index (χ1v) is 7.35. The Kier molecular flexibility index (Phi) is 3.69. The zero-order valence-electron chi connectivity index (χ0n) is 9.62. The van der Waals surface area contributed by atoms with E-state index in [0.717, 1.165) is 4.47 Å². The van der Waals surface area contributed by atoms with Crippen LogP contribution in [0, 0.1) is 0 Å². The highest BCUT2D eigenvalue weighted by Crippen LogP contribution is 2.28. The summed E-state index contributed by atoms with van der Waals surface area (Å²) in [7, 11) is -3.21. The van der Waals surface area contributed by atoms with Crippen molar-refractivity contribution in [2.45, 2.75) is 31.3 Å². The quantitative estimate of drug-likeness (QED) is 0.855. The molecule has 1 aromatic carbocycles. The average molecular weight is 306 g/mol. The molecule has 3 nitrogen and oxygen atoms in total. The van der Waals surface area contributed by atoms with Crippen molar-refractivity contribution in [2.75, 3.05) is 5.73 Å². The molecule has 0 saturated carbocycles. The molecular formula is C11H16BrNO2S. The van der Waals surface area contributed by atoms with Crippen LogP contribution in [-0.4, -0.2) is 13.2 Å². The molecule has 5 heteroatoms. The molecule has 90 valence electrons. The van der Waals surface area contributed by atoms with E-state index in [1.54, 1.807) is 39.0 Å². The van der Waals surface area contributed by atoms with Crippen LogP contribution < -0.4 is 5.73 Å². The summed E-state index contributed by atoms with van der Waals surface area (Å²) in [4.78, 5) is 0. The topological polar surface area (TPSA) is 60.2 Å². The third kappa shape index (κ3) is 2.77. The predicted molar refractivity (Wildman–Crippen MR) is 70.9 cm³/mol. The monoisotopic (exact) mass is 305 g/mol. The summed E-state index contributed by atoms with van der Waals surface area (Å²) < 4.78 is 24.1. The zero-order valence-corrected chi connectivity index (χ0v) is 12.0. The van der Waals surface area contributed by atoms with Crippen molar-refractivity contribution in [3.05, 3.63) is 28.2 Å². The lowest BCUT2D eigenvalue weighted by Gasteiger charge is -2.20. The minimum absolute atomic E-state index is 0.0379. The second kappa shape index (κ2) is 4.37. The van der Waals surface area contributed by atoms with Gasteiger partial charge in [-0.1, -0.05) is 22.0 Å². The fraction of sp³-hybridized carbons (Fsp3) is 0.455. The molecule has 2 N–H and O–H groups in total. The van der Waals surface area contributed by atoms with Gasteiger partial charge in [-0.05, 0) is 32.9 Å². The maximum Gasteiger partial charge on any atom is 0.159 e. The molecule has 0 unspecified atom stereocenters. The van der Waals surface area contributed by atoms with Gasteiger partial charge in [0.15, 0.2) is 9.84 Å². The number of anilines is 1. The van der Waals surface area contributed by atoms with Crippen LogP contribution in [0.1, 0.15) is 26.3 Å². The van der Waals surface area contributed by atoms with Crippen LogP contribution in [0.25, 0.3) is 0 Å². The highest BCUT2D eigenvalue weighted by Gasteiger charge is 2.30. The number of benzene rings is 1. The number of rotatable bonds is 2. The molecule has 0 bridgehead atoms. The van der Waals surface area contributed by atoms with Gasteiger partial charge in [-0.25, -0.2) is 8.42 Å². The number of nitrogen functional groups attached to an aromatic ring is 1. The minimum atomic E-state index is -3.21. The molecule has 16 heavy (non-hydrogen) atoms. The molecule has 0 saturated heterocycles. The van der Waals surface area contributed by atoms with Crippen molar-refractivity contribution < 1.29 is 8.42 Å². The second-order valence-corrected chi connectivity index (χ2v) is 8.28. The Hall–Kier alpha value is -0.550. The van der Waals surface area contributed by atoms with Gasteiger partial charge < -0.3 is 5.73 Å². The van der Waals surface area contributed by atoms with E-state index < -0.39 is 14.6 Å². The van der Waals surface area contributed by atoms with Crippen LogP contribution in [-0.2, 0) is 15.6 Å². The van der Waals surface area contributed by atoms with Crippen LogP contribution >= 0.6 is 15.9 Å². The Morgan fingerprint density at radius 3 is 2.31 bits per heavy atom. The van der Waals surface area contributed by atoms with Gasteiger partial charge >= 0.3 is 0 Å². The van der Waals surface area contributed by atoms with E-state index in [9.17, 15) is 8.42 Å². The van der Waals surface area contributed by atoms with Crippen LogP contribution in [0.4, 0.5) is 5.69 Å². The van der Waals surface area contributed by atoms with Crippen molar-refractivity contribution in [3.8, 4) is 0 Å². The first-order valence-electron chi connectivity index (χ1n) is 4.90. The van der Waals surface area contributed by atoms with Crippen LogP contribution in [0.3, 0.4) is 0 Å². The first kappa shape index (κ1) is 13.5. The lowest BCUT2D eigenvalue weighted by molar-refractivity contribution is 0.559. The Bertz CT molecular complexity index is 469. The zero-order chi connectivity index (χ0) is 12.6. The fourth-order valence-electron chi connectivity index (χ4n) is 1.13. The predicted octanol–water partition coefficient (Wildman–Crippen LogP) is 2.74. The fourth-order valence-corrected chi connectivity index (χ4v) is 2.98. The largest absolute Gasteiger partial charge is 0.398 e. The van der Waals surface area contributed by atoms with Crippen LogP contribution in [0.15, 0.2) is 22.7 Å². The number of nitrogens with two attached hydrogens (primary N) is 1. The number of halogens is 1. The van der Waals surface area contributed by atoms with Crippen molar-refractivity contribution in [3.63, 3.8) is 0 Å². The number of sulfone groups is 1. The third-order valence-electron chi connectivity index (χ3n) is 2.42. The van der Waals surface area contributed by atoms with E-state index in [2.05, 4.69) is 15.9 Å². The SMILES string of the molecule is CC(C)(C)S(=O)(=O)Cc1c(N)cccc1Br. The van der Waals surface area contributed by atoms with Gasteiger partial charge in [0.05, 0.1) is 10.5 Å². The van der Waals surface area contributed by atoms with E-state index in [4.69, 9.17) is 5.73 Å². The maximum absolute atomic E-state index is 12.0. The lowest BCUT2D eigenvalue weighted by Crippen LogP contribution is -2.29. The minimum Gasteiger partial charge on any atom is -0.398 e. The summed E-state index contributed by atoms with van der Waals surface area (Å²) in [5.41, 5.74) is 6.92. The average Bonchev–Trinajstić information content (AvgIpc) is 2.10. The van der Waals surface area contributed by atoms with Gasteiger partial charge in [-0.2, -0.15) is 0 Å². The molecule has 0 aliphatic rings. The van der Waals surface area contributed by atoms with Crippen molar-refractivity contribution >= 4 is 31.5 Å². The van der Waals surface area contributed by atoms with Gasteiger partial charge in [-0.15, -0.1) is 0 Å². The van der Waals surface area contributed by atoms with Gasteiger partial charge in [-0.3, -0.25) is 0 Å². The molecule has 0 aliphatic heterocycles. The summed E-state index contributed by atoms with van der Waals surface area (Å²) in [6.07, 6.45) is 0. The molecule has 0 fully saturated rings. The first-order chi connectivity index (χ1) is 7.15. The molecule has 0 spiro atoms. The van der Waals surface area contributed by atoms with E-state index in [0.29, 0.717) is 11.3 Å². The summed E-state index contributed by atoms with van der Waals surface area (Å²) in [6.45, 7) is 5.07. The van der Waals surface area contributed by atoms with Crippen molar-refractivity contribution in [1.82, 2.24) is 0 Å². The van der Waals surface area contributed by atoms with Crippen molar-refractivity contribution in [2.24, 2.45) is 0 Å². The Morgan fingerprint density at radius 1 is 1.31 bits per heavy atom. The molecule has 0 radical (unpaired) electrons. The van der Waals surface area contributed by atoms with Gasteiger partial charge in [0.2, 0.25) is 0 Å². The van der Waals surface area contributed by atoms with Crippen LogP contribution in [0.5, 0.6) is 0 Å². The van der Waals surface area contributed by atoms with Crippen molar-refractivity contribution in [1.29, 1.82) is 0 Å². The highest BCUT2D eigenvalue weighted by molar-refractivity contribution is 9.10. The molecule has 1 rings (SSSR count). The summed E-state index contributed by atoms with van der Waals surface area (Å²) in [5.74, 6) is -0.0379. The Morgan fingerprint density at radius 2 is 1.88 bits per heavy atom. The molecule has 1 aromatic rings. The smallest absolute Gasteiger partial charge is 0.159 e. The van der Waals surface area contributed by atoms with Gasteiger partial charge in [0, 0.05) is 15.7 Å². The molecule has 0 heterocycles. The Balaban J connectivity index is 3.17. The molecular weight excluding hydrogens is 290 g/mol. The summed E-state index contributed by atoms with van der Waals surface area (Å²) in [5, 5.41) is 0. The van der Waals surface area contributed by atoms with E-state index >= 15 is 0 Å². The summed E-state index contributed by atoms with van der Waals surface area (Å²) in [6, 6.07) is 5.29. The number of hydrogen-bond acceptors (Lipinski definition) is 3. The van der Waals surface area contributed by atoms with E-state index in [1.165, 1.54) is 0 Å². The number of hydrogen-bond donors (Lipinski definition) is 1. The lowest BCUT2D eigenvalue weighted by atomic mass is 10.2. The maximum atomic E-state index is 12.0. The molecule has 0 amide bonds. The van der Waals surface area contributed by atoms with E-state index in [1.807, 2.05) is 0 Å². The van der Waals surface area contributed by atoms with Gasteiger partial charge in [0.25, 0.3) is 0 Å². The third-order valence-corrected chi connectivity index (χ3v) is 5.70. The van der Waals surface area contributed by atoms with Gasteiger partial charge in [0.1, 0.15) is 0 Å². The standard InChI is InChI=1S/C11H16BrNO2S/c1-11(2,3)16(14,15)7-8-9(12)5-4-6-10(8)13/h4-6H,7,13H2,1-3H3. The normalized spacial score (nSPS) is 12.8. The van der Waals surface area contributed by atoms with Crippen LogP contribution in [0.2, 0.25) is 0 Å². The second-order valence-electron chi connectivity index (χ2n) is 4.68. The molecule has 0 atom stereocenters. The molecule has 0 aromatic heterocycles. The highest BCUT2D eigenvalue weighted by atomic mass is 79.9.